The predicted octanol–water partition coefficient (Wildman–Crippen LogP) is 3.53. The summed E-state index contributed by atoms with van der Waals surface area (Å²) in [5.41, 5.74) is 1.50. The summed E-state index contributed by atoms with van der Waals surface area (Å²) in [4.78, 5) is 12.8. The summed E-state index contributed by atoms with van der Waals surface area (Å²) in [6, 6.07) is 6.95. The molecule has 0 radical (unpaired) electrons. The van der Waals surface area contributed by atoms with Crippen molar-refractivity contribution in [3.8, 4) is 5.75 Å². The molecule has 2 aromatic rings. The molecule has 0 aliphatic carbocycles. The van der Waals surface area contributed by atoms with Gasteiger partial charge < -0.3 is 14.1 Å². The van der Waals surface area contributed by atoms with Crippen LogP contribution in [0, 0.1) is 17.0 Å². The highest BCUT2D eigenvalue weighted by Crippen LogP contribution is 2.37. The molecule has 0 unspecified atom stereocenters. The Kier molecular flexibility index (Phi) is 4.47. The van der Waals surface area contributed by atoms with Gasteiger partial charge in [-0.1, -0.05) is 6.07 Å². The van der Waals surface area contributed by atoms with Crippen LogP contribution in [0.15, 0.2) is 34.9 Å². The summed E-state index contributed by atoms with van der Waals surface area (Å²) in [6.07, 6.45) is 1.61. The number of anilines is 1. The number of benzene rings is 1. The van der Waals surface area contributed by atoms with Crippen molar-refractivity contribution < 1.29 is 14.1 Å². The zero-order valence-electron chi connectivity index (χ0n) is 12.3. The molecule has 112 valence electrons. The Morgan fingerprint density at radius 1 is 1.38 bits per heavy atom. The van der Waals surface area contributed by atoms with Crippen LogP contribution in [0.1, 0.15) is 18.2 Å². The molecular weight excluding hydrogens is 272 g/mol. The van der Waals surface area contributed by atoms with Gasteiger partial charge in [0.2, 0.25) is 0 Å². The molecular formula is C15H18N2O4. The van der Waals surface area contributed by atoms with Crippen molar-refractivity contribution in [3.05, 3.63) is 52.0 Å². The molecule has 6 nitrogen and oxygen atoms in total. The van der Waals surface area contributed by atoms with Gasteiger partial charge in [0.1, 0.15) is 11.4 Å². The SMILES string of the molecule is CCOc1cccc(N(C)Cc2ccoc2C)c1[N+](=O)[O-]. The second-order valence-corrected chi connectivity index (χ2v) is 4.67. The van der Waals surface area contributed by atoms with Gasteiger partial charge in [-0.15, -0.1) is 0 Å². The maximum atomic E-state index is 11.4. The number of hydrogen-bond acceptors (Lipinski definition) is 5. The van der Waals surface area contributed by atoms with Gasteiger partial charge in [0.25, 0.3) is 0 Å². The lowest BCUT2D eigenvalue weighted by atomic mass is 10.2. The molecule has 0 bridgehead atoms. The topological polar surface area (TPSA) is 68.8 Å². The van der Waals surface area contributed by atoms with E-state index in [1.54, 1.807) is 31.4 Å². The number of nitrogens with zero attached hydrogens (tertiary/aromatic N) is 2. The van der Waals surface area contributed by atoms with Crippen LogP contribution >= 0.6 is 0 Å². The lowest BCUT2D eigenvalue weighted by molar-refractivity contribution is -0.385. The standard InChI is InChI=1S/C15H18N2O4/c1-4-20-14-7-5-6-13(15(14)17(18)19)16(3)10-12-8-9-21-11(12)2/h5-9H,4,10H2,1-3H3. The highest BCUT2D eigenvalue weighted by molar-refractivity contribution is 5.69. The number of ether oxygens (including phenoxy) is 1. The van der Waals surface area contributed by atoms with Crippen LogP contribution in [0.4, 0.5) is 11.4 Å². The van der Waals surface area contributed by atoms with E-state index in [-0.39, 0.29) is 11.4 Å². The summed E-state index contributed by atoms with van der Waals surface area (Å²) in [6.45, 7) is 4.58. The highest BCUT2D eigenvalue weighted by Gasteiger charge is 2.23. The van der Waals surface area contributed by atoms with Gasteiger partial charge in [-0.3, -0.25) is 10.1 Å². The Morgan fingerprint density at radius 2 is 2.14 bits per heavy atom. The molecule has 1 heterocycles. The van der Waals surface area contributed by atoms with Gasteiger partial charge >= 0.3 is 5.69 Å². The number of furan rings is 1. The Bertz CT molecular complexity index is 636. The zero-order valence-corrected chi connectivity index (χ0v) is 12.3. The Morgan fingerprint density at radius 3 is 2.71 bits per heavy atom. The second kappa shape index (κ2) is 6.30. The number of aryl methyl sites for hydroxylation is 1. The molecule has 1 aromatic heterocycles. The zero-order chi connectivity index (χ0) is 15.4. The van der Waals surface area contributed by atoms with Gasteiger partial charge in [-0.2, -0.15) is 0 Å². The van der Waals surface area contributed by atoms with E-state index in [0.29, 0.717) is 18.8 Å². The lowest BCUT2D eigenvalue weighted by Gasteiger charge is -2.19. The van der Waals surface area contributed by atoms with Crippen LogP contribution in [-0.2, 0) is 6.54 Å². The fourth-order valence-corrected chi connectivity index (χ4v) is 2.19. The average molecular weight is 290 g/mol. The first-order valence-corrected chi connectivity index (χ1v) is 6.69. The fraction of sp³-hybridized carbons (Fsp3) is 0.333. The molecule has 0 aliphatic heterocycles. The minimum absolute atomic E-state index is 0.0111. The molecule has 2 rings (SSSR count). The van der Waals surface area contributed by atoms with E-state index in [2.05, 4.69) is 0 Å². The Hall–Kier alpha value is -2.50. The third-order valence-electron chi connectivity index (χ3n) is 3.25. The summed E-state index contributed by atoms with van der Waals surface area (Å²) < 4.78 is 10.6. The average Bonchev–Trinajstić information content (AvgIpc) is 2.84. The Labute approximate surface area is 123 Å². The summed E-state index contributed by atoms with van der Waals surface area (Å²) in [5.74, 6) is 1.10. The van der Waals surface area contributed by atoms with Crippen LogP contribution in [-0.4, -0.2) is 18.6 Å². The molecule has 0 saturated carbocycles. The maximum Gasteiger partial charge on any atom is 0.333 e. The van der Waals surface area contributed by atoms with Crippen molar-refractivity contribution in [1.82, 2.24) is 0 Å². The van der Waals surface area contributed by atoms with Gasteiger partial charge in [0.05, 0.1) is 17.8 Å². The van der Waals surface area contributed by atoms with Crippen molar-refractivity contribution in [3.63, 3.8) is 0 Å². The number of rotatable bonds is 6. The molecule has 0 amide bonds. The summed E-state index contributed by atoms with van der Waals surface area (Å²) >= 11 is 0. The molecule has 0 N–H and O–H groups in total. The van der Waals surface area contributed by atoms with Crippen LogP contribution < -0.4 is 9.64 Å². The number of nitro groups is 1. The molecule has 0 spiro atoms. The first kappa shape index (κ1) is 14.9. The molecule has 6 heteroatoms. The van der Waals surface area contributed by atoms with Crippen LogP contribution in [0.5, 0.6) is 5.75 Å². The fourth-order valence-electron chi connectivity index (χ4n) is 2.19. The summed E-state index contributed by atoms with van der Waals surface area (Å²) in [7, 11) is 1.81. The normalized spacial score (nSPS) is 10.4. The van der Waals surface area contributed by atoms with E-state index in [9.17, 15) is 10.1 Å². The number of nitro benzene ring substituents is 1. The van der Waals surface area contributed by atoms with E-state index >= 15 is 0 Å². The van der Waals surface area contributed by atoms with Crippen molar-refractivity contribution >= 4 is 11.4 Å². The van der Waals surface area contributed by atoms with Gasteiger partial charge in [-0.05, 0) is 32.0 Å². The van der Waals surface area contributed by atoms with Gasteiger partial charge in [-0.25, -0.2) is 0 Å². The number of hydrogen-bond donors (Lipinski definition) is 0. The summed E-state index contributed by atoms with van der Waals surface area (Å²) in [5, 5.41) is 11.4. The second-order valence-electron chi connectivity index (χ2n) is 4.67. The largest absolute Gasteiger partial charge is 0.487 e. The van der Waals surface area contributed by atoms with E-state index in [4.69, 9.17) is 9.15 Å². The van der Waals surface area contributed by atoms with E-state index in [0.717, 1.165) is 11.3 Å². The third kappa shape index (κ3) is 3.16. The molecule has 0 atom stereocenters. The molecule has 1 aromatic carbocycles. The van der Waals surface area contributed by atoms with E-state index in [1.807, 2.05) is 24.9 Å². The van der Waals surface area contributed by atoms with Crippen LogP contribution in [0.25, 0.3) is 0 Å². The highest BCUT2D eigenvalue weighted by atomic mass is 16.6. The quantitative estimate of drug-likeness (QED) is 0.601. The van der Waals surface area contributed by atoms with Crippen molar-refractivity contribution in [2.75, 3.05) is 18.6 Å². The lowest BCUT2D eigenvalue weighted by Crippen LogP contribution is -2.18. The van der Waals surface area contributed by atoms with Crippen molar-refractivity contribution in [2.45, 2.75) is 20.4 Å². The van der Waals surface area contributed by atoms with Crippen molar-refractivity contribution in [1.29, 1.82) is 0 Å². The molecule has 0 aliphatic rings. The molecule has 0 saturated heterocycles. The number of para-hydroxylation sites is 1. The van der Waals surface area contributed by atoms with Crippen LogP contribution in [0.3, 0.4) is 0 Å². The van der Waals surface area contributed by atoms with Gasteiger partial charge in [0, 0.05) is 19.2 Å². The monoisotopic (exact) mass is 290 g/mol. The third-order valence-corrected chi connectivity index (χ3v) is 3.25. The first-order chi connectivity index (χ1) is 10.0. The molecule has 0 fully saturated rings. The van der Waals surface area contributed by atoms with Gasteiger partial charge in [0.15, 0.2) is 5.75 Å². The predicted molar refractivity (Wildman–Crippen MR) is 79.8 cm³/mol. The van der Waals surface area contributed by atoms with Crippen LogP contribution in [0.2, 0.25) is 0 Å². The minimum atomic E-state index is -0.404. The van der Waals surface area contributed by atoms with E-state index in [1.165, 1.54) is 0 Å². The Balaban J connectivity index is 2.36. The maximum absolute atomic E-state index is 11.4. The minimum Gasteiger partial charge on any atom is -0.487 e. The van der Waals surface area contributed by atoms with E-state index < -0.39 is 4.92 Å². The molecule has 21 heavy (non-hydrogen) atoms. The van der Waals surface area contributed by atoms with Crippen molar-refractivity contribution in [2.24, 2.45) is 0 Å². The first-order valence-electron chi connectivity index (χ1n) is 6.69. The smallest absolute Gasteiger partial charge is 0.333 e.